The lowest BCUT2D eigenvalue weighted by molar-refractivity contribution is -0.217. The summed E-state index contributed by atoms with van der Waals surface area (Å²) in [7, 11) is 0. The Morgan fingerprint density at radius 1 is 1.04 bits per heavy atom. The Labute approximate surface area is 154 Å². The maximum absolute atomic E-state index is 11.6. The summed E-state index contributed by atoms with van der Waals surface area (Å²) in [6, 6.07) is 0. The first-order chi connectivity index (χ1) is 12.3. The fourth-order valence-electron chi connectivity index (χ4n) is 4.27. The van der Waals surface area contributed by atoms with Crippen LogP contribution in [0.5, 0.6) is 0 Å². The molecule has 7 nitrogen and oxygen atoms in total. The number of carbonyl (C=O) groups excluding carboxylic acids is 2. The molecular weight excluding hydrogens is 340 g/mol. The van der Waals surface area contributed by atoms with Crippen molar-refractivity contribution in [3.63, 3.8) is 0 Å². The average molecular weight is 370 g/mol. The van der Waals surface area contributed by atoms with Gasteiger partial charge in [-0.3, -0.25) is 9.59 Å². The van der Waals surface area contributed by atoms with Gasteiger partial charge >= 0.3 is 11.9 Å². The summed E-state index contributed by atoms with van der Waals surface area (Å²) in [5.74, 6) is -1.28. The van der Waals surface area contributed by atoms with Gasteiger partial charge in [-0.15, -0.1) is 0 Å². The van der Waals surface area contributed by atoms with Crippen LogP contribution in [0, 0.1) is 5.92 Å². The van der Waals surface area contributed by atoms with Gasteiger partial charge in [0.05, 0.1) is 12.2 Å². The molecule has 0 amide bonds. The third kappa shape index (κ3) is 4.05. The molecule has 0 bridgehead atoms. The van der Waals surface area contributed by atoms with Crippen molar-refractivity contribution in [3.8, 4) is 0 Å². The summed E-state index contributed by atoms with van der Waals surface area (Å²) in [4.78, 5) is 22.8. The van der Waals surface area contributed by atoms with Gasteiger partial charge in [0, 0.05) is 32.6 Å². The number of hydrogen-bond acceptors (Lipinski definition) is 7. The Morgan fingerprint density at radius 2 is 1.69 bits per heavy atom. The Balaban J connectivity index is 1.81. The highest BCUT2D eigenvalue weighted by atomic mass is 16.8. The van der Waals surface area contributed by atoms with Crippen LogP contribution < -0.4 is 0 Å². The number of fused-ring (bicyclic) bond motifs is 1. The van der Waals surface area contributed by atoms with Gasteiger partial charge < -0.3 is 23.7 Å². The molecule has 0 aromatic rings. The van der Waals surface area contributed by atoms with Crippen LogP contribution in [0.2, 0.25) is 0 Å². The highest BCUT2D eigenvalue weighted by Crippen LogP contribution is 2.47. The molecule has 0 N–H and O–H groups in total. The van der Waals surface area contributed by atoms with Gasteiger partial charge in [0.25, 0.3) is 0 Å². The van der Waals surface area contributed by atoms with Crippen LogP contribution >= 0.6 is 0 Å². The van der Waals surface area contributed by atoms with Crippen molar-refractivity contribution in [2.75, 3.05) is 6.61 Å². The van der Waals surface area contributed by atoms with E-state index >= 15 is 0 Å². The van der Waals surface area contributed by atoms with Crippen molar-refractivity contribution >= 4 is 11.9 Å². The number of rotatable bonds is 4. The summed E-state index contributed by atoms with van der Waals surface area (Å²) >= 11 is 0. The molecule has 3 fully saturated rings. The highest BCUT2D eigenvalue weighted by molar-refractivity contribution is 5.67. The molecule has 2 heterocycles. The first-order valence-corrected chi connectivity index (χ1v) is 9.63. The Morgan fingerprint density at radius 3 is 2.31 bits per heavy atom. The second kappa shape index (κ2) is 7.82. The van der Waals surface area contributed by atoms with E-state index in [1.807, 2.05) is 6.92 Å². The molecule has 1 spiro atoms. The molecule has 3 aliphatic rings. The number of esters is 2. The minimum Gasteiger partial charge on any atom is -0.462 e. The average Bonchev–Trinajstić information content (AvgIpc) is 2.94. The monoisotopic (exact) mass is 370 g/mol. The quantitative estimate of drug-likeness (QED) is 0.703. The summed E-state index contributed by atoms with van der Waals surface area (Å²) in [5.41, 5.74) is 0. The normalized spacial score (nSPS) is 37.0. The number of hydrogen-bond donors (Lipinski definition) is 0. The van der Waals surface area contributed by atoms with Crippen LogP contribution in [0.25, 0.3) is 0 Å². The zero-order valence-corrected chi connectivity index (χ0v) is 16.1. The van der Waals surface area contributed by atoms with E-state index < -0.39 is 29.9 Å². The van der Waals surface area contributed by atoms with E-state index in [2.05, 4.69) is 6.92 Å². The van der Waals surface area contributed by atoms with Crippen LogP contribution in [0.3, 0.4) is 0 Å². The highest BCUT2D eigenvalue weighted by Gasteiger charge is 2.58. The van der Waals surface area contributed by atoms with Crippen LogP contribution in [0.4, 0.5) is 0 Å². The van der Waals surface area contributed by atoms with Crippen molar-refractivity contribution in [2.24, 2.45) is 5.92 Å². The first-order valence-electron chi connectivity index (χ1n) is 9.63. The van der Waals surface area contributed by atoms with E-state index in [0.29, 0.717) is 0 Å². The number of carbonyl (C=O) groups is 2. The summed E-state index contributed by atoms with van der Waals surface area (Å²) in [5, 5.41) is 0. The summed E-state index contributed by atoms with van der Waals surface area (Å²) in [6.07, 6.45) is 3.28. The summed E-state index contributed by atoms with van der Waals surface area (Å²) < 4.78 is 29.6. The van der Waals surface area contributed by atoms with Crippen LogP contribution in [0.1, 0.15) is 59.8 Å². The topological polar surface area (TPSA) is 80.3 Å². The molecule has 7 heteroatoms. The molecule has 3 rings (SSSR count). The predicted octanol–water partition coefficient (Wildman–Crippen LogP) is 2.35. The molecule has 6 atom stereocenters. The van der Waals surface area contributed by atoms with Crippen molar-refractivity contribution in [1.29, 1.82) is 0 Å². The van der Waals surface area contributed by atoms with Gasteiger partial charge in [-0.05, 0) is 19.8 Å². The molecule has 0 aromatic carbocycles. The van der Waals surface area contributed by atoms with Gasteiger partial charge in [0.15, 0.2) is 11.9 Å². The lowest BCUT2D eigenvalue weighted by atomic mass is 9.87. The molecule has 2 aliphatic heterocycles. The maximum atomic E-state index is 11.6. The van der Waals surface area contributed by atoms with E-state index in [4.69, 9.17) is 23.7 Å². The third-order valence-corrected chi connectivity index (χ3v) is 5.73. The molecular formula is C19H30O7. The molecule has 0 aromatic heterocycles. The SMILES string of the molecule is CC(=O)OC[C@@H](OC(C)=O)[C@@H]1O[C@@H](C)[C@H](C)[C@@H]2OC3(CCCCC3)OC21. The second-order valence-electron chi connectivity index (χ2n) is 7.75. The minimum absolute atomic E-state index is 0.0553. The van der Waals surface area contributed by atoms with E-state index in [-0.39, 0.29) is 30.8 Å². The van der Waals surface area contributed by atoms with Gasteiger partial charge in [-0.2, -0.15) is 0 Å². The molecule has 148 valence electrons. The maximum Gasteiger partial charge on any atom is 0.303 e. The summed E-state index contributed by atoms with van der Waals surface area (Å²) in [6.45, 7) is 6.69. The van der Waals surface area contributed by atoms with E-state index in [1.165, 1.54) is 20.3 Å². The van der Waals surface area contributed by atoms with Crippen LogP contribution in [0.15, 0.2) is 0 Å². The zero-order chi connectivity index (χ0) is 18.9. The molecule has 2 saturated heterocycles. The van der Waals surface area contributed by atoms with Crippen molar-refractivity contribution in [2.45, 2.75) is 96.1 Å². The smallest absolute Gasteiger partial charge is 0.303 e. The first kappa shape index (κ1) is 19.6. The largest absolute Gasteiger partial charge is 0.462 e. The Bertz CT molecular complexity index is 528. The van der Waals surface area contributed by atoms with Gasteiger partial charge in [-0.1, -0.05) is 13.3 Å². The van der Waals surface area contributed by atoms with Crippen molar-refractivity contribution in [3.05, 3.63) is 0 Å². The molecule has 1 aliphatic carbocycles. The standard InChI is InChI=1S/C19H30O7/c1-11-12(2)23-17(15(24-14(4)21)10-22-13(3)20)18-16(11)25-19(26-18)8-6-5-7-9-19/h11-12,15-18H,5-10H2,1-4H3/t11-,12-,15+,16-,17-,18?/m0/s1. The van der Waals surface area contributed by atoms with Gasteiger partial charge in [0.2, 0.25) is 0 Å². The van der Waals surface area contributed by atoms with E-state index in [1.54, 1.807) is 0 Å². The van der Waals surface area contributed by atoms with Crippen molar-refractivity contribution < 1.29 is 33.3 Å². The van der Waals surface area contributed by atoms with Crippen LogP contribution in [-0.2, 0) is 33.3 Å². The van der Waals surface area contributed by atoms with E-state index in [0.717, 1.165) is 25.7 Å². The fraction of sp³-hybridized carbons (Fsp3) is 0.895. The molecule has 1 saturated carbocycles. The third-order valence-electron chi connectivity index (χ3n) is 5.73. The second-order valence-corrected chi connectivity index (χ2v) is 7.75. The lowest BCUT2D eigenvalue weighted by Crippen LogP contribution is -2.57. The lowest BCUT2D eigenvalue weighted by Gasteiger charge is -2.42. The molecule has 1 unspecified atom stereocenters. The molecule has 0 radical (unpaired) electrons. The van der Waals surface area contributed by atoms with Gasteiger partial charge in [-0.25, -0.2) is 0 Å². The van der Waals surface area contributed by atoms with Crippen molar-refractivity contribution in [1.82, 2.24) is 0 Å². The Hall–Kier alpha value is -1.18. The Kier molecular flexibility index (Phi) is 5.89. The van der Waals surface area contributed by atoms with E-state index in [9.17, 15) is 9.59 Å². The number of ether oxygens (including phenoxy) is 5. The zero-order valence-electron chi connectivity index (χ0n) is 16.1. The van der Waals surface area contributed by atoms with Crippen LogP contribution in [-0.4, -0.2) is 54.9 Å². The predicted molar refractivity (Wildman–Crippen MR) is 91.2 cm³/mol. The fourth-order valence-corrected chi connectivity index (χ4v) is 4.27. The molecule has 26 heavy (non-hydrogen) atoms. The van der Waals surface area contributed by atoms with Gasteiger partial charge in [0.1, 0.15) is 18.8 Å². The minimum atomic E-state index is -0.721.